The molecule has 0 spiro atoms. The number of thiazole rings is 1. The van der Waals surface area contributed by atoms with Crippen LogP contribution in [0.2, 0.25) is 0 Å². The van der Waals surface area contributed by atoms with Gasteiger partial charge in [0.2, 0.25) is 0 Å². The van der Waals surface area contributed by atoms with Crippen LogP contribution in [0.1, 0.15) is 34.3 Å². The van der Waals surface area contributed by atoms with Crippen LogP contribution in [-0.4, -0.2) is 24.0 Å². The molecule has 0 saturated heterocycles. The molecule has 2 N–H and O–H groups in total. The van der Waals surface area contributed by atoms with E-state index in [0.29, 0.717) is 6.54 Å². The SMILES string of the molecule is CN(C)Cc1nc(C2CC2)c(CN)s1. The highest BCUT2D eigenvalue weighted by Gasteiger charge is 2.29. The van der Waals surface area contributed by atoms with Gasteiger partial charge in [0, 0.05) is 23.9 Å². The Morgan fingerprint density at radius 1 is 1.50 bits per heavy atom. The molecule has 0 radical (unpaired) electrons. The van der Waals surface area contributed by atoms with E-state index in [1.54, 1.807) is 11.3 Å². The Bertz CT molecular complexity index is 315. The summed E-state index contributed by atoms with van der Waals surface area (Å²) in [5, 5.41) is 1.21. The molecule has 3 nitrogen and oxygen atoms in total. The van der Waals surface area contributed by atoms with Crippen LogP contribution in [0.25, 0.3) is 0 Å². The van der Waals surface area contributed by atoms with E-state index in [1.807, 2.05) is 0 Å². The highest BCUT2D eigenvalue weighted by molar-refractivity contribution is 7.11. The van der Waals surface area contributed by atoms with E-state index in [2.05, 4.69) is 24.0 Å². The maximum Gasteiger partial charge on any atom is 0.107 e. The second-order valence-corrected chi connectivity index (χ2v) is 5.30. The van der Waals surface area contributed by atoms with E-state index < -0.39 is 0 Å². The zero-order chi connectivity index (χ0) is 10.1. The third-order valence-corrected chi connectivity index (χ3v) is 3.45. The van der Waals surface area contributed by atoms with Gasteiger partial charge in [0.05, 0.1) is 5.69 Å². The lowest BCUT2D eigenvalue weighted by Gasteiger charge is -2.04. The molecule has 1 fully saturated rings. The van der Waals surface area contributed by atoms with Gasteiger partial charge in [0.1, 0.15) is 5.01 Å². The fourth-order valence-electron chi connectivity index (χ4n) is 1.57. The molecule has 0 atom stereocenters. The Hall–Kier alpha value is -0.450. The summed E-state index contributed by atoms with van der Waals surface area (Å²) in [7, 11) is 4.14. The molecule has 1 heterocycles. The normalized spacial score (nSPS) is 16.6. The van der Waals surface area contributed by atoms with Crippen LogP contribution >= 0.6 is 11.3 Å². The summed E-state index contributed by atoms with van der Waals surface area (Å²) in [4.78, 5) is 8.12. The highest BCUT2D eigenvalue weighted by atomic mass is 32.1. The van der Waals surface area contributed by atoms with Gasteiger partial charge in [-0.25, -0.2) is 4.98 Å². The lowest BCUT2D eigenvalue weighted by atomic mass is 10.2. The van der Waals surface area contributed by atoms with Crippen molar-refractivity contribution in [2.75, 3.05) is 14.1 Å². The van der Waals surface area contributed by atoms with Crippen LogP contribution in [0.3, 0.4) is 0 Å². The van der Waals surface area contributed by atoms with Crippen molar-refractivity contribution in [3.8, 4) is 0 Å². The molecule has 1 aromatic heterocycles. The van der Waals surface area contributed by atoms with E-state index in [-0.39, 0.29) is 0 Å². The summed E-state index contributed by atoms with van der Waals surface area (Å²) < 4.78 is 0. The topological polar surface area (TPSA) is 42.2 Å². The monoisotopic (exact) mass is 211 g/mol. The van der Waals surface area contributed by atoms with E-state index in [9.17, 15) is 0 Å². The standard InChI is InChI=1S/C10H17N3S/c1-13(2)6-9-12-10(7-3-4-7)8(5-11)14-9/h7H,3-6,11H2,1-2H3. The molecule has 14 heavy (non-hydrogen) atoms. The molecule has 0 aromatic carbocycles. The van der Waals surface area contributed by atoms with Gasteiger partial charge in [-0.1, -0.05) is 0 Å². The van der Waals surface area contributed by atoms with Crippen molar-refractivity contribution in [3.05, 3.63) is 15.6 Å². The van der Waals surface area contributed by atoms with Crippen LogP contribution in [0.5, 0.6) is 0 Å². The second kappa shape index (κ2) is 3.96. The number of hydrogen-bond donors (Lipinski definition) is 1. The average Bonchev–Trinajstić information content (AvgIpc) is 2.88. The van der Waals surface area contributed by atoms with Gasteiger partial charge in [-0.15, -0.1) is 11.3 Å². The number of hydrogen-bond acceptors (Lipinski definition) is 4. The van der Waals surface area contributed by atoms with Crippen LogP contribution < -0.4 is 5.73 Å². The molecule has 0 unspecified atom stereocenters. The summed E-state index contributed by atoms with van der Waals surface area (Å²) in [6, 6.07) is 0. The summed E-state index contributed by atoms with van der Waals surface area (Å²) in [5.74, 6) is 0.723. The minimum absolute atomic E-state index is 0.650. The van der Waals surface area contributed by atoms with Gasteiger partial charge < -0.3 is 10.6 Å². The number of nitrogens with zero attached hydrogens (tertiary/aromatic N) is 2. The zero-order valence-electron chi connectivity index (χ0n) is 8.79. The predicted octanol–water partition coefficient (Wildman–Crippen LogP) is 1.54. The number of aromatic nitrogens is 1. The van der Waals surface area contributed by atoms with Crippen molar-refractivity contribution in [1.82, 2.24) is 9.88 Å². The molecule has 1 saturated carbocycles. The highest BCUT2D eigenvalue weighted by Crippen LogP contribution is 2.42. The fraction of sp³-hybridized carbons (Fsp3) is 0.700. The van der Waals surface area contributed by atoms with Gasteiger partial charge in [-0.05, 0) is 26.9 Å². The minimum atomic E-state index is 0.650. The van der Waals surface area contributed by atoms with Gasteiger partial charge in [0.15, 0.2) is 0 Å². The predicted molar refractivity (Wildman–Crippen MR) is 59.4 cm³/mol. The lowest BCUT2D eigenvalue weighted by molar-refractivity contribution is 0.401. The van der Waals surface area contributed by atoms with E-state index in [1.165, 1.54) is 28.4 Å². The van der Waals surface area contributed by atoms with Gasteiger partial charge in [0.25, 0.3) is 0 Å². The number of rotatable bonds is 4. The van der Waals surface area contributed by atoms with Crippen molar-refractivity contribution in [2.24, 2.45) is 5.73 Å². The molecule has 1 aromatic rings. The van der Waals surface area contributed by atoms with Gasteiger partial charge in [-0.2, -0.15) is 0 Å². The van der Waals surface area contributed by atoms with E-state index >= 15 is 0 Å². The average molecular weight is 211 g/mol. The molecular formula is C10H17N3S. The first-order chi connectivity index (χ1) is 6.70. The number of nitrogens with two attached hydrogens (primary N) is 1. The van der Waals surface area contributed by atoms with Crippen molar-refractivity contribution in [1.29, 1.82) is 0 Å². The Morgan fingerprint density at radius 2 is 2.21 bits per heavy atom. The first-order valence-corrected chi connectivity index (χ1v) is 5.85. The van der Waals surface area contributed by atoms with Crippen LogP contribution in [0.15, 0.2) is 0 Å². The maximum atomic E-state index is 5.72. The Morgan fingerprint density at radius 3 is 2.71 bits per heavy atom. The summed E-state index contributed by atoms with van der Waals surface area (Å²) in [6.07, 6.45) is 2.61. The smallest absolute Gasteiger partial charge is 0.107 e. The molecule has 1 aliphatic carbocycles. The van der Waals surface area contributed by atoms with Crippen LogP contribution in [-0.2, 0) is 13.1 Å². The second-order valence-electron chi connectivity index (χ2n) is 4.13. The van der Waals surface area contributed by atoms with Gasteiger partial charge >= 0.3 is 0 Å². The van der Waals surface area contributed by atoms with Crippen LogP contribution in [0.4, 0.5) is 0 Å². The van der Waals surface area contributed by atoms with Crippen molar-refractivity contribution < 1.29 is 0 Å². The molecule has 0 bridgehead atoms. The minimum Gasteiger partial charge on any atom is -0.326 e. The van der Waals surface area contributed by atoms with E-state index in [0.717, 1.165) is 12.5 Å². The molecule has 4 heteroatoms. The molecule has 1 aliphatic rings. The Balaban J connectivity index is 2.17. The largest absolute Gasteiger partial charge is 0.326 e. The third kappa shape index (κ3) is 2.13. The van der Waals surface area contributed by atoms with Crippen molar-refractivity contribution in [3.63, 3.8) is 0 Å². The molecule has 78 valence electrons. The van der Waals surface area contributed by atoms with Gasteiger partial charge in [-0.3, -0.25) is 0 Å². The Labute approximate surface area is 88.9 Å². The summed E-state index contributed by atoms with van der Waals surface area (Å²) in [5.41, 5.74) is 7.00. The van der Waals surface area contributed by atoms with Crippen LogP contribution in [0, 0.1) is 0 Å². The Kier molecular flexibility index (Phi) is 2.85. The first-order valence-electron chi connectivity index (χ1n) is 5.04. The molecule has 0 amide bonds. The molecular weight excluding hydrogens is 194 g/mol. The molecule has 2 rings (SSSR count). The maximum absolute atomic E-state index is 5.72. The molecule has 0 aliphatic heterocycles. The van der Waals surface area contributed by atoms with E-state index in [4.69, 9.17) is 5.73 Å². The summed E-state index contributed by atoms with van der Waals surface area (Å²) >= 11 is 1.78. The lowest BCUT2D eigenvalue weighted by Crippen LogP contribution is -2.10. The zero-order valence-corrected chi connectivity index (χ0v) is 9.60. The third-order valence-electron chi connectivity index (χ3n) is 2.37. The quantitative estimate of drug-likeness (QED) is 0.821. The van der Waals surface area contributed by atoms with Crippen molar-refractivity contribution in [2.45, 2.75) is 31.8 Å². The fourth-order valence-corrected chi connectivity index (χ4v) is 2.73. The first kappa shape index (κ1) is 10.1. The summed E-state index contributed by atoms with van der Waals surface area (Å²) in [6.45, 7) is 1.58. The van der Waals surface area contributed by atoms with Crippen molar-refractivity contribution >= 4 is 11.3 Å².